The maximum absolute atomic E-state index is 12.1. The predicted molar refractivity (Wildman–Crippen MR) is 88.8 cm³/mol. The van der Waals surface area contributed by atoms with Crippen molar-refractivity contribution in [1.29, 1.82) is 0 Å². The molecule has 0 bridgehead atoms. The monoisotopic (exact) mass is 319 g/mol. The second-order valence-corrected chi connectivity index (χ2v) is 5.94. The molecule has 0 aliphatic carbocycles. The third-order valence-electron chi connectivity index (χ3n) is 3.66. The Morgan fingerprint density at radius 3 is 2.73 bits per heavy atom. The number of benzene rings is 1. The van der Waals surface area contributed by atoms with E-state index in [0.717, 1.165) is 16.4 Å². The summed E-state index contributed by atoms with van der Waals surface area (Å²) in [6, 6.07) is 7.93. The molecule has 1 aromatic heterocycles. The van der Waals surface area contributed by atoms with Crippen molar-refractivity contribution in [3.05, 3.63) is 53.1 Å². The number of aromatic nitrogens is 2. The molecule has 0 fully saturated rings. The van der Waals surface area contributed by atoms with E-state index in [4.69, 9.17) is 11.6 Å². The van der Waals surface area contributed by atoms with Crippen molar-refractivity contribution in [1.82, 2.24) is 14.5 Å². The van der Waals surface area contributed by atoms with Crippen molar-refractivity contribution in [2.75, 3.05) is 0 Å². The van der Waals surface area contributed by atoms with Gasteiger partial charge in [0.15, 0.2) is 0 Å². The zero-order valence-corrected chi connectivity index (χ0v) is 14.0. The number of carbonyl (C=O) groups is 1. The summed E-state index contributed by atoms with van der Waals surface area (Å²) in [6.07, 6.45) is 4.19. The Morgan fingerprint density at radius 2 is 2.09 bits per heavy atom. The van der Waals surface area contributed by atoms with Gasteiger partial charge in [-0.2, -0.15) is 0 Å². The molecule has 0 radical (unpaired) electrons. The topological polar surface area (TPSA) is 38.1 Å². The van der Waals surface area contributed by atoms with E-state index in [0.29, 0.717) is 19.5 Å². The highest BCUT2D eigenvalue weighted by molar-refractivity contribution is 6.31. The summed E-state index contributed by atoms with van der Waals surface area (Å²) in [6.45, 7) is 7.10. The van der Waals surface area contributed by atoms with Crippen LogP contribution in [-0.4, -0.2) is 26.4 Å². The van der Waals surface area contributed by atoms with E-state index in [1.165, 1.54) is 0 Å². The average Bonchev–Trinajstić information content (AvgIpc) is 2.93. The van der Waals surface area contributed by atoms with Crippen LogP contribution in [-0.2, 0) is 17.9 Å². The van der Waals surface area contributed by atoms with Gasteiger partial charge >= 0.3 is 0 Å². The zero-order chi connectivity index (χ0) is 16.1. The summed E-state index contributed by atoms with van der Waals surface area (Å²) in [5.74, 6) is 1.01. The van der Waals surface area contributed by atoms with Crippen LogP contribution >= 0.6 is 11.6 Å². The van der Waals surface area contributed by atoms with Gasteiger partial charge in [0.25, 0.3) is 0 Å². The number of rotatable bonds is 6. The van der Waals surface area contributed by atoms with Crippen molar-refractivity contribution < 1.29 is 4.79 Å². The van der Waals surface area contributed by atoms with Crippen LogP contribution in [0.3, 0.4) is 0 Å². The number of hydrogen-bond donors (Lipinski definition) is 0. The molecule has 2 aromatic rings. The van der Waals surface area contributed by atoms with Gasteiger partial charge in [-0.05, 0) is 25.5 Å². The molecule has 0 aliphatic rings. The van der Waals surface area contributed by atoms with E-state index in [1.54, 1.807) is 6.20 Å². The number of nitrogens with zero attached hydrogens (tertiary/aromatic N) is 3. The minimum Gasteiger partial charge on any atom is -0.333 e. The lowest BCUT2D eigenvalue weighted by molar-refractivity contribution is -0.133. The molecule has 1 amide bonds. The third kappa shape index (κ3) is 3.89. The highest BCUT2D eigenvalue weighted by Crippen LogP contribution is 2.17. The minimum absolute atomic E-state index is 0.141. The number of imidazole rings is 1. The van der Waals surface area contributed by atoms with Gasteiger partial charge in [-0.3, -0.25) is 4.79 Å². The fourth-order valence-electron chi connectivity index (χ4n) is 2.36. The summed E-state index contributed by atoms with van der Waals surface area (Å²) in [5.41, 5.74) is 1.04. The van der Waals surface area contributed by atoms with Crippen molar-refractivity contribution in [3.63, 3.8) is 0 Å². The molecule has 0 spiro atoms. The Morgan fingerprint density at radius 1 is 1.36 bits per heavy atom. The van der Waals surface area contributed by atoms with E-state index in [-0.39, 0.29) is 11.9 Å². The van der Waals surface area contributed by atoms with E-state index in [2.05, 4.69) is 4.98 Å². The van der Waals surface area contributed by atoms with Crippen LogP contribution in [0.5, 0.6) is 0 Å². The number of hydrogen-bond acceptors (Lipinski definition) is 2. The van der Waals surface area contributed by atoms with E-state index < -0.39 is 0 Å². The van der Waals surface area contributed by atoms with E-state index in [9.17, 15) is 4.79 Å². The van der Waals surface area contributed by atoms with Gasteiger partial charge in [0.2, 0.25) is 5.91 Å². The second kappa shape index (κ2) is 7.45. The number of halogens is 1. The van der Waals surface area contributed by atoms with Gasteiger partial charge in [0, 0.05) is 29.9 Å². The van der Waals surface area contributed by atoms with Crippen LogP contribution in [0.2, 0.25) is 5.02 Å². The Labute approximate surface area is 136 Å². The van der Waals surface area contributed by atoms with Gasteiger partial charge in [0.1, 0.15) is 5.82 Å². The van der Waals surface area contributed by atoms with Crippen LogP contribution in [0, 0.1) is 0 Å². The zero-order valence-electron chi connectivity index (χ0n) is 13.3. The van der Waals surface area contributed by atoms with Crippen molar-refractivity contribution in [3.8, 4) is 0 Å². The molecule has 0 unspecified atom stereocenters. The fraction of sp³-hybridized carbons (Fsp3) is 0.412. The highest BCUT2D eigenvalue weighted by atomic mass is 35.5. The van der Waals surface area contributed by atoms with Crippen molar-refractivity contribution in [2.45, 2.75) is 46.3 Å². The average molecular weight is 320 g/mol. The quantitative estimate of drug-likeness (QED) is 0.813. The number of amides is 1. The van der Waals surface area contributed by atoms with Gasteiger partial charge in [-0.1, -0.05) is 36.7 Å². The largest absolute Gasteiger partial charge is 0.333 e. The van der Waals surface area contributed by atoms with E-state index >= 15 is 0 Å². The van der Waals surface area contributed by atoms with E-state index in [1.807, 2.05) is 60.7 Å². The summed E-state index contributed by atoms with van der Waals surface area (Å²) in [5, 5.41) is 0.743. The lowest BCUT2D eigenvalue weighted by Gasteiger charge is -2.26. The predicted octanol–water partition coefficient (Wildman–Crippen LogP) is 3.73. The van der Waals surface area contributed by atoms with Crippen LogP contribution in [0.25, 0.3) is 0 Å². The first-order chi connectivity index (χ1) is 10.5. The van der Waals surface area contributed by atoms with Gasteiger partial charge in [-0.15, -0.1) is 0 Å². The SMILES string of the molecule is CCC(=O)N(Cc1nccn1Cc1ccccc1Cl)C(C)C. The second-order valence-electron chi connectivity index (χ2n) is 5.53. The smallest absolute Gasteiger partial charge is 0.222 e. The third-order valence-corrected chi connectivity index (χ3v) is 4.03. The molecule has 118 valence electrons. The summed E-state index contributed by atoms with van der Waals surface area (Å²) in [4.78, 5) is 18.3. The molecule has 5 heteroatoms. The molecular formula is C17H22ClN3O. The van der Waals surface area contributed by atoms with Crippen LogP contribution in [0.1, 0.15) is 38.6 Å². The van der Waals surface area contributed by atoms with Gasteiger partial charge in [0.05, 0.1) is 13.1 Å². The molecule has 2 rings (SSSR count). The maximum atomic E-state index is 12.1. The standard InChI is InChI=1S/C17H22ClN3O/c1-4-17(22)21(13(2)3)12-16-19-9-10-20(16)11-14-7-5-6-8-15(14)18/h5-10,13H,4,11-12H2,1-3H3. The van der Waals surface area contributed by atoms with Crippen LogP contribution < -0.4 is 0 Å². The lowest BCUT2D eigenvalue weighted by atomic mass is 10.2. The Hall–Kier alpha value is -1.81. The molecule has 0 atom stereocenters. The van der Waals surface area contributed by atoms with Crippen molar-refractivity contribution in [2.24, 2.45) is 0 Å². The molecule has 0 saturated carbocycles. The first kappa shape index (κ1) is 16.6. The molecule has 0 N–H and O–H groups in total. The summed E-state index contributed by atoms with van der Waals surface area (Å²) < 4.78 is 2.04. The molecule has 1 aromatic carbocycles. The minimum atomic E-state index is 0.141. The summed E-state index contributed by atoms with van der Waals surface area (Å²) >= 11 is 6.22. The number of carbonyl (C=O) groups excluding carboxylic acids is 1. The van der Waals surface area contributed by atoms with Crippen molar-refractivity contribution >= 4 is 17.5 Å². The molecule has 0 saturated heterocycles. The molecule has 0 aliphatic heterocycles. The fourth-order valence-corrected chi connectivity index (χ4v) is 2.56. The highest BCUT2D eigenvalue weighted by Gasteiger charge is 2.18. The van der Waals surface area contributed by atoms with Gasteiger partial charge in [-0.25, -0.2) is 4.98 Å². The molecule has 4 nitrogen and oxygen atoms in total. The lowest BCUT2D eigenvalue weighted by Crippen LogP contribution is -2.36. The van der Waals surface area contributed by atoms with Gasteiger partial charge < -0.3 is 9.47 Å². The first-order valence-corrected chi connectivity index (χ1v) is 7.93. The molecule has 22 heavy (non-hydrogen) atoms. The molecule has 1 heterocycles. The Kier molecular flexibility index (Phi) is 5.61. The summed E-state index contributed by atoms with van der Waals surface area (Å²) in [7, 11) is 0. The first-order valence-electron chi connectivity index (χ1n) is 7.55. The Bertz CT molecular complexity index is 636. The molecular weight excluding hydrogens is 298 g/mol. The Balaban J connectivity index is 2.19. The normalized spacial score (nSPS) is 11.0. The maximum Gasteiger partial charge on any atom is 0.222 e. The van der Waals surface area contributed by atoms with Crippen LogP contribution in [0.15, 0.2) is 36.7 Å². The van der Waals surface area contributed by atoms with Crippen LogP contribution in [0.4, 0.5) is 0 Å².